The number of anilines is 2. The first-order chi connectivity index (χ1) is 17.8. The molecule has 12 nitrogen and oxygen atoms in total. The summed E-state index contributed by atoms with van der Waals surface area (Å²) >= 11 is 0. The van der Waals surface area contributed by atoms with E-state index in [0.717, 1.165) is 0 Å². The normalized spacial score (nSPS) is 17.4. The van der Waals surface area contributed by atoms with E-state index in [-0.39, 0.29) is 31.0 Å². The van der Waals surface area contributed by atoms with Crippen LogP contribution in [0.3, 0.4) is 0 Å². The van der Waals surface area contributed by atoms with Crippen LogP contribution in [0.1, 0.15) is 20.3 Å². The number of nitrogens with one attached hydrogen (secondary N) is 1. The number of hydrogen-bond donors (Lipinski definition) is 1. The van der Waals surface area contributed by atoms with E-state index in [2.05, 4.69) is 15.3 Å². The van der Waals surface area contributed by atoms with Crippen molar-refractivity contribution >= 4 is 35.5 Å². The van der Waals surface area contributed by atoms with Crippen LogP contribution in [0.5, 0.6) is 0 Å². The van der Waals surface area contributed by atoms with Crippen molar-refractivity contribution in [2.45, 2.75) is 26.5 Å². The topological polar surface area (TPSA) is 134 Å². The molecule has 3 heterocycles. The summed E-state index contributed by atoms with van der Waals surface area (Å²) in [6.45, 7) is 5.03. The molecular weight excluding hydrogens is 487 g/mol. The number of hydrogen-bond acceptors (Lipinski definition) is 9. The predicted octanol–water partition coefficient (Wildman–Crippen LogP) is 1.30. The number of carbonyl (C=O) groups excluding carboxylic acids is 4. The van der Waals surface area contributed by atoms with Crippen molar-refractivity contribution < 1.29 is 33.0 Å². The van der Waals surface area contributed by atoms with E-state index >= 15 is 0 Å². The summed E-state index contributed by atoms with van der Waals surface area (Å²) in [5.41, 5.74) is 0.997. The fourth-order valence-corrected chi connectivity index (χ4v) is 3.99. The third-order valence-corrected chi connectivity index (χ3v) is 5.97. The molecule has 4 rings (SSSR count). The number of nitrogens with zero attached hydrogens (tertiary/aromatic N) is 5. The highest BCUT2D eigenvalue weighted by Crippen LogP contribution is 2.29. The fourth-order valence-electron chi connectivity index (χ4n) is 3.99. The van der Waals surface area contributed by atoms with E-state index < -0.39 is 30.0 Å². The third-order valence-electron chi connectivity index (χ3n) is 5.97. The summed E-state index contributed by atoms with van der Waals surface area (Å²) in [5, 5.41) is 2.58. The maximum atomic E-state index is 15.0. The molecule has 0 bridgehead atoms. The first-order valence-corrected chi connectivity index (χ1v) is 11.9. The Labute approximate surface area is 212 Å². The van der Waals surface area contributed by atoms with Crippen LogP contribution in [-0.4, -0.2) is 84.3 Å². The van der Waals surface area contributed by atoms with Crippen molar-refractivity contribution in [1.29, 1.82) is 0 Å². The van der Waals surface area contributed by atoms with Gasteiger partial charge in [-0.05, 0) is 25.1 Å². The van der Waals surface area contributed by atoms with Crippen LogP contribution in [0, 0.1) is 5.82 Å². The molecule has 2 aliphatic rings. The second-order valence-corrected chi connectivity index (χ2v) is 8.34. The minimum atomic E-state index is -0.866. The Bertz CT molecular complexity index is 1180. The predicted molar refractivity (Wildman–Crippen MR) is 129 cm³/mol. The van der Waals surface area contributed by atoms with Crippen LogP contribution in [0.25, 0.3) is 11.1 Å². The summed E-state index contributed by atoms with van der Waals surface area (Å²) in [6, 6.07) is 4.32. The summed E-state index contributed by atoms with van der Waals surface area (Å²) in [4.78, 5) is 60.7. The molecule has 1 N–H and O–H groups in total. The third kappa shape index (κ3) is 5.76. The Hall–Kier alpha value is -4.29. The highest BCUT2D eigenvalue weighted by Gasteiger charge is 2.33. The van der Waals surface area contributed by atoms with Crippen molar-refractivity contribution in [1.82, 2.24) is 20.2 Å². The van der Waals surface area contributed by atoms with Crippen molar-refractivity contribution in [2.75, 3.05) is 49.1 Å². The molecule has 196 valence electrons. The van der Waals surface area contributed by atoms with Crippen LogP contribution < -0.4 is 15.1 Å². The molecule has 2 fully saturated rings. The van der Waals surface area contributed by atoms with Gasteiger partial charge in [-0.25, -0.2) is 23.9 Å². The van der Waals surface area contributed by atoms with E-state index in [9.17, 15) is 23.6 Å². The lowest BCUT2D eigenvalue weighted by molar-refractivity contribution is -0.160. The number of carbonyl (C=O) groups is 4. The van der Waals surface area contributed by atoms with Gasteiger partial charge < -0.3 is 24.6 Å². The van der Waals surface area contributed by atoms with Gasteiger partial charge in [0.05, 0.1) is 18.8 Å². The van der Waals surface area contributed by atoms with Crippen LogP contribution in [-0.2, 0) is 23.9 Å². The molecule has 1 atom stereocenters. The van der Waals surface area contributed by atoms with Gasteiger partial charge in [0, 0.05) is 56.1 Å². The largest absolute Gasteiger partial charge is 0.459 e. The Morgan fingerprint density at radius 3 is 2.46 bits per heavy atom. The number of amides is 3. The molecule has 13 heteroatoms. The van der Waals surface area contributed by atoms with Gasteiger partial charge in [-0.15, -0.1) is 0 Å². The Morgan fingerprint density at radius 2 is 1.84 bits per heavy atom. The van der Waals surface area contributed by atoms with Gasteiger partial charge in [0.2, 0.25) is 11.9 Å². The smallest absolute Gasteiger partial charge is 0.416 e. The van der Waals surface area contributed by atoms with Crippen molar-refractivity contribution in [3.05, 3.63) is 36.4 Å². The van der Waals surface area contributed by atoms with Crippen LogP contribution in [0.4, 0.5) is 20.8 Å². The average Bonchev–Trinajstić information content (AvgIpc) is 3.28. The average molecular weight is 515 g/mol. The van der Waals surface area contributed by atoms with Crippen LogP contribution >= 0.6 is 0 Å². The number of halogens is 1. The Morgan fingerprint density at radius 1 is 1.14 bits per heavy atom. The quantitative estimate of drug-likeness (QED) is 0.447. The number of esters is 1. The number of cyclic esters (lactones) is 1. The summed E-state index contributed by atoms with van der Waals surface area (Å²) in [6.07, 6.45) is 1.77. The van der Waals surface area contributed by atoms with Gasteiger partial charge in [0.25, 0.3) is 0 Å². The van der Waals surface area contributed by atoms with E-state index in [0.29, 0.717) is 43.4 Å². The molecule has 37 heavy (non-hydrogen) atoms. The maximum Gasteiger partial charge on any atom is 0.416 e. The zero-order chi connectivity index (χ0) is 26.5. The number of rotatable bonds is 6. The number of ether oxygens (including phenoxy) is 2. The molecular formula is C24H27FN6O6. The summed E-state index contributed by atoms with van der Waals surface area (Å²) < 4.78 is 24.9. The fraction of sp³-hybridized carbons (Fsp3) is 0.417. The first-order valence-electron chi connectivity index (χ1n) is 11.9. The van der Waals surface area contributed by atoms with Crippen LogP contribution in [0.2, 0.25) is 0 Å². The number of aromatic nitrogens is 2. The minimum Gasteiger partial charge on any atom is -0.459 e. The molecule has 2 aromatic rings. The van der Waals surface area contributed by atoms with Gasteiger partial charge in [-0.2, -0.15) is 0 Å². The first kappa shape index (κ1) is 25.8. The second-order valence-electron chi connectivity index (χ2n) is 8.34. The van der Waals surface area contributed by atoms with Gasteiger partial charge in [0.1, 0.15) is 5.82 Å². The monoisotopic (exact) mass is 514 g/mol. The lowest BCUT2D eigenvalue weighted by Gasteiger charge is -2.34. The molecule has 0 saturated carbocycles. The summed E-state index contributed by atoms with van der Waals surface area (Å²) in [7, 11) is 0. The molecule has 0 aliphatic carbocycles. The second kappa shape index (κ2) is 11.2. The standard InChI is InChI=1S/C24H27FN6O6/c1-3-19(32)28-20-14-31(24(35)37-20)16-5-6-17(18(25)11-16)15-12-26-23(27-13-15)30-9-7-29(8-10-30)21(33)22(34)36-4-2/h5-6,11-13,20H,3-4,7-10,14H2,1-2H3,(H,28,32). The SMILES string of the molecule is CCOC(=O)C(=O)N1CCN(c2ncc(-c3ccc(N4CC(NC(=O)CC)OC4=O)cc3F)cn2)CC1. The highest BCUT2D eigenvalue weighted by atomic mass is 19.1. The molecule has 0 spiro atoms. The van der Waals surface area contributed by atoms with Crippen molar-refractivity contribution in [3.63, 3.8) is 0 Å². The zero-order valence-corrected chi connectivity index (χ0v) is 20.5. The zero-order valence-electron chi connectivity index (χ0n) is 20.5. The van der Waals surface area contributed by atoms with Gasteiger partial charge in [0.15, 0.2) is 6.23 Å². The molecule has 2 saturated heterocycles. The van der Waals surface area contributed by atoms with Crippen molar-refractivity contribution in [2.24, 2.45) is 0 Å². The lowest BCUT2D eigenvalue weighted by atomic mass is 10.1. The molecule has 1 unspecified atom stereocenters. The minimum absolute atomic E-state index is 0.0693. The van der Waals surface area contributed by atoms with Gasteiger partial charge in [-0.3, -0.25) is 14.5 Å². The van der Waals surface area contributed by atoms with E-state index in [1.165, 1.54) is 34.3 Å². The van der Waals surface area contributed by atoms with E-state index in [1.54, 1.807) is 19.9 Å². The molecule has 2 aliphatic heterocycles. The van der Waals surface area contributed by atoms with Crippen LogP contribution in [0.15, 0.2) is 30.6 Å². The number of benzene rings is 1. The Balaban J connectivity index is 1.38. The Kier molecular flexibility index (Phi) is 7.80. The molecule has 3 amide bonds. The van der Waals surface area contributed by atoms with E-state index in [1.807, 2.05) is 4.90 Å². The van der Waals surface area contributed by atoms with Gasteiger partial charge in [-0.1, -0.05) is 6.92 Å². The van der Waals surface area contributed by atoms with Crippen molar-refractivity contribution in [3.8, 4) is 11.1 Å². The molecule has 1 aromatic heterocycles. The number of piperazine rings is 1. The molecule has 1 aromatic carbocycles. The van der Waals surface area contributed by atoms with E-state index in [4.69, 9.17) is 9.47 Å². The van der Waals surface area contributed by atoms with Gasteiger partial charge >= 0.3 is 18.0 Å². The molecule has 0 radical (unpaired) electrons. The highest BCUT2D eigenvalue weighted by molar-refractivity contribution is 6.32. The summed E-state index contributed by atoms with van der Waals surface area (Å²) in [5.74, 6) is -1.94. The maximum absolute atomic E-state index is 15.0. The lowest BCUT2D eigenvalue weighted by Crippen LogP contribution is -2.51.